The summed E-state index contributed by atoms with van der Waals surface area (Å²) in [4.78, 5) is 4.20. The van der Waals surface area contributed by atoms with E-state index in [0.717, 1.165) is 18.7 Å². The second kappa shape index (κ2) is 4.11. The third-order valence-corrected chi connectivity index (χ3v) is 2.85. The maximum absolute atomic E-state index is 5.90. The van der Waals surface area contributed by atoms with Crippen molar-refractivity contribution < 1.29 is 4.74 Å². The molecule has 4 nitrogen and oxygen atoms in total. The number of ether oxygens (including phenoxy) is 1. The second-order valence-electron chi connectivity index (χ2n) is 3.90. The number of rotatable bonds is 3. The highest BCUT2D eigenvalue weighted by atomic mass is 16.5. The average Bonchev–Trinajstić information content (AvgIpc) is 2.72. The first-order valence-electron chi connectivity index (χ1n) is 5.11. The molecule has 0 spiro atoms. The standard InChI is InChI=1S/C10H17N3O/c1-13-6-5-12-10(13)7-14-9-4-2-3-8(9)11/h5-6,8-9H,2-4,7,11H2,1H3. The lowest BCUT2D eigenvalue weighted by Gasteiger charge is -2.15. The van der Waals surface area contributed by atoms with Gasteiger partial charge in [-0.3, -0.25) is 0 Å². The van der Waals surface area contributed by atoms with Crippen molar-refractivity contribution in [1.82, 2.24) is 9.55 Å². The van der Waals surface area contributed by atoms with Gasteiger partial charge in [0.05, 0.1) is 6.10 Å². The van der Waals surface area contributed by atoms with E-state index in [2.05, 4.69) is 4.98 Å². The summed E-state index contributed by atoms with van der Waals surface area (Å²) in [6, 6.07) is 0.218. The number of hydrogen-bond donors (Lipinski definition) is 1. The quantitative estimate of drug-likeness (QED) is 0.776. The Balaban J connectivity index is 1.85. The predicted molar refractivity (Wildman–Crippen MR) is 53.6 cm³/mol. The zero-order valence-corrected chi connectivity index (χ0v) is 8.52. The molecule has 1 aromatic rings. The van der Waals surface area contributed by atoms with E-state index >= 15 is 0 Å². The van der Waals surface area contributed by atoms with E-state index in [0.29, 0.717) is 6.61 Å². The smallest absolute Gasteiger partial charge is 0.134 e. The van der Waals surface area contributed by atoms with Crippen molar-refractivity contribution >= 4 is 0 Å². The number of aromatic nitrogens is 2. The number of aryl methyl sites for hydroxylation is 1. The molecule has 0 amide bonds. The van der Waals surface area contributed by atoms with E-state index < -0.39 is 0 Å². The first kappa shape index (κ1) is 9.68. The molecule has 0 aromatic carbocycles. The summed E-state index contributed by atoms with van der Waals surface area (Å²) < 4.78 is 7.70. The molecule has 1 aliphatic carbocycles. The van der Waals surface area contributed by atoms with Crippen LogP contribution < -0.4 is 5.73 Å². The highest BCUT2D eigenvalue weighted by Gasteiger charge is 2.24. The molecule has 0 saturated heterocycles. The summed E-state index contributed by atoms with van der Waals surface area (Å²) in [5, 5.41) is 0. The maximum Gasteiger partial charge on any atom is 0.134 e. The van der Waals surface area contributed by atoms with E-state index in [1.165, 1.54) is 6.42 Å². The van der Waals surface area contributed by atoms with Crippen LogP contribution in [-0.4, -0.2) is 21.7 Å². The fourth-order valence-electron chi connectivity index (χ4n) is 1.88. The van der Waals surface area contributed by atoms with Crippen molar-refractivity contribution in [2.75, 3.05) is 0 Å². The molecule has 2 unspecified atom stereocenters. The van der Waals surface area contributed by atoms with Crippen LogP contribution in [0.3, 0.4) is 0 Å². The maximum atomic E-state index is 5.90. The first-order valence-corrected chi connectivity index (χ1v) is 5.11. The third kappa shape index (κ3) is 1.96. The van der Waals surface area contributed by atoms with Gasteiger partial charge >= 0.3 is 0 Å². The van der Waals surface area contributed by atoms with Crippen LogP contribution in [0.4, 0.5) is 0 Å². The molecule has 0 radical (unpaired) electrons. The van der Waals surface area contributed by atoms with Gasteiger partial charge in [-0.2, -0.15) is 0 Å². The Kier molecular flexibility index (Phi) is 2.84. The number of nitrogens with two attached hydrogens (primary N) is 1. The molecule has 1 fully saturated rings. The molecule has 0 bridgehead atoms. The molecular weight excluding hydrogens is 178 g/mol. The van der Waals surface area contributed by atoms with Crippen molar-refractivity contribution in [2.24, 2.45) is 12.8 Å². The number of hydrogen-bond acceptors (Lipinski definition) is 3. The van der Waals surface area contributed by atoms with E-state index in [1.54, 1.807) is 6.20 Å². The Morgan fingerprint density at radius 2 is 2.50 bits per heavy atom. The first-order chi connectivity index (χ1) is 6.77. The van der Waals surface area contributed by atoms with Gasteiger partial charge in [-0.1, -0.05) is 0 Å². The van der Waals surface area contributed by atoms with Gasteiger partial charge in [0.1, 0.15) is 12.4 Å². The van der Waals surface area contributed by atoms with Gasteiger partial charge in [0.25, 0.3) is 0 Å². The summed E-state index contributed by atoms with van der Waals surface area (Å²) in [5.74, 6) is 0.962. The van der Waals surface area contributed by atoms with Crippen molar-refractivity contribution in [3.63, 3.8) is 0 Å². The highest BCUT2D eigenvalue weighted by molar-refractivity contribution is 4.90. The number of imidazole rings is 1. The molecule has 2 rings (SSSR count). The molecule has 78 valence electrons. The fraction of sp³-hybridized carbons (Fsp3) is 0.700. The Hall–Kier alpha value is -0.870. The summed E-state index contributed by atoms with van der Waals surface area (Å²) in [6.45, 7) is 0.571. The predicted octanol–water partition coefficient (Wildman–Crippen LogP) is 0.817. The van der Waals surface area contributed by atoms with Crippen LogP contribution in [0.15, 0.2) is 12.4 Å². The molecule has 2 N–H and O–H groups in total. The molecule has 14 heavy (non-hydrogen) atoms. The lowest BCUT2D eigenvalue weighted by molar-refractivity contribution is 0.0309. The summed E-state index contributed by atoms with van der Waals surface area (Å²) in [7, 11) is 1.97. The van der Waals surface area contributed by atoms with Crippen molar-refractivity contribution in [3.05, 3.63) is 18.2 Å². The Bertz CT molecular complexity index is 297. The molecule has 1 saturated carbocycles. The molecular formula is C10H17N3O. The van der Waals surface area contributed by atoms with Gasteiger partial charge in [-0.25, -0.2) is 4.98 Å². The van der Waals surface area contributed by atoms with Gasteiger partial charge in [-0.15, -0.1) is 0 Å². The average molecular weight is 195 g/mol. The Morgan fingerprint density at radius 1 is 1.64 bits per heavy atom. The van der Waals surface area contributed by atoms with Crippen LogP contribution in [0.25, 0.3) is 0 Å². The topological polar surface area (TPSA) is 53.1 Å². The van der Waals surface area contributed by atoms with Gasteiger partial charge in [0, 0.05) is 25.5 Å². The largest absolute Gasteiger partial charge is 0.369 e. The van der Waals surface area contributed by atoms with Gasteiger partial charge < -0.3 is 15.0 Å². The van der Waals surface area contributed by atoms with E-state index in [-0.39, 0.29) is 12.1 Å². The van der Waals surface area contributed by atoms with Crippen LogP contribution in [0, 0.1) is 0 Å². The molecule has 0 aliphatic heterocycles. The van der Waals surface area contributed by atoms with Crippen LogP contribution in [0.5, 0.6) is 0 Å². The minimum absolute atomic E-state index is 0.218. The second-order valence-corrected chi connectivity index (χ2v) is 3.90. The lowest BCUT2D eigenvalue weighted by atomic mass is 10.2. The highest BCUT2D eigenvalue weighted by Crippen LogP contribution is 2.21. The van der Waals surface area contributed by atoms with E-state index in [4.69, 9.17) is 10.5 Å². The van der Waals surface area contributed by atoms with E-state index in [1.807, 2.05) is 17.8 Å². The third-order valence-electron chi connectivity index (χ3n) is 2.85. The van der Waals surface area contributed by atoms with Crippen LogP contribution >= 0.6 is 0 Å². The summed E-state index contributed by atoms with van der Waals surface area (Å²) in [6.07, 6.45) is 7.30. The molecule has 1 aromatic heterocycles. The van der Waals surface area contributed by atoms with Crippen LogP contribution in [-0.2, 0) is 18.4 Å². The lowest BCUT2D eigenvalue weighted by Crippen LogP contribution is -2.31. The van der Waals surface area contributed by atoms with Crippen molar-refractivity contribution in [3.8, 4) is 0 Å². The minimum Gasteiger partial charge on any atom is -0.369 e. The fourth-order valence-corrected chi connectivity index (χ4v) is 1.88. The van der Waals surface area contributed by atoms with Gasteiger partial charge in [0.2, 0.25) is 0 Å². The SMILES string of the molecule is Cn1ccnc1COC1CCCC1N. The molecule has 1 heterocycles. The van der Waals surface area contributed by atoms with Gasteiger partial charge in [0.15, 0.2) is 0 Å². The van der Waals surface area contributed by atoms with E-state index in [9.17, 15) is 0 Å². The normalized spacial score (nSPS) is 27.0. The molecule has 4 heteroatoms. The van der Waals surface area contributed by atoms with Crippen molar-refractivity contribution in [1.29, 1.82) is 0 Å². The Labute approximate surface area is 84.1 Å². The number of nitrogens with zero attached hydrogens (tertiary/aromatic N) is 2. The zero-order chi connectivity index (χ0) is 9.97. The van der Waals surface area contributed by atoms with Crippen LogP contribution in [0.2, 0.25) is 0 Å². The van der Waals surface area contributed by atoms with Crippen LogP contribution in [0.1, 0.15) is 25.1 Å². The molecule has 1 aliphatic rings. The summed E-state index contributed by atoms with van der Waals surface area (Å²) in [5.41, 5.74) is 5.90. The minimum atomic E-state index is 0.218. The zero-order valence-electron chi connectivity index (χ0n) is 8.52. The Morgan fingerprint density at radius 3 is 3.07 bits per heavy atom. The van der Waals surface area contributed by atoms with Crippen molar-refractivity contribution in [2.45, 2.75) is 38.0 Å². The van der Waals surface area contributed by atoms with Gasteiger partial charge in [-0.05, 0) is 19.3 Å². The monoisotopic (exact) mass is 195 g/mol. The summed E-state index contributed by atoms with van der Waals surface area (Å²) >= 11 is 0. The molecule has 2 atom stereocenters.